The van der Waals surface area contributed by atoms with E-state index in [2.05, 4.69) is 5.32 Å². The first kappa shape index (κ1) is 17.7. The second-order valence-corrected chi connectivity index (χ2v) is 5.88. The number of benzene rings is 2. The Morgan fingerprint density at radius 2 is 1.58 bits per heavy atom. The molecule has 0 aliphatic heterocycles. The van der Waals surface area contributed by atoms with Crippen molar-refractivity contribution >= 4 is 11.8 Å². The lowest BCUT2D eigenvalue weighted by Gasteiger charge is -2.22. The number of nitrogens with one attached hydrogen (secondary N) is 1. The summed E-state index contributed by atoms with van der Waals surface area (Å²) in [7, 11) is 0. The molecule has 1 atom stereocenters. The van der Waals surface area contributed by atoms with Gasteiger partial charge in [-0.3, -0.25) is 9.59 Å². The van der Waals surface area contributed by atoms with Crippen molar-refractivity contribution in [3.8, 4) is 0 Å². The quantitative estimate of drug-likeness (QED) is 0.849. The van der Waals surface area contributed by atoms with Gasteiger partial charge in [0.15, 0.2) is 0 Å². The molecule has 2 amide bonds. The van der Waals surface area contributed by atoms with Crippen LogP contribution < -0.4 is 5.32 Å². The number of carbonyl (C=O) groups excluding carboxylic acids is 2. The van der Waals surface area contributed by atoms with Crippen LogP contribution in [0, 0.1) is 0 Å². The van der Waals surface area contributed by atoms with E-state index in [9.17, 15) is 9.59 Å². The molecule has 2 aromatic carbocycles. The van der Waals surface area contributed by atoms with Crippen molar-refractivity contribution in [3.63, 3.8) is 0 Å². The molecule has 0 saturated heterocycles. The van der Waals surface area contributed by atoms with Gasteiger partial charge in [0.25, 0.3) is 0 Å². The van der Waals surface area contributed by atoms with Gasteiger partial charge < -0.3 is 10.2 Å². The maximum absolute atomic E-state index is 12.2. The Morgan fingerprint density at radius 3 is 2.17 bits per heavy atom. The third kappa shape index (κ3) is 5.54. The molecule has 0 aliphatic carbocycles. The van der Waals surface area contributed by atoms with Crippen LogP contribution in [0.4, 0.5) is 0 Å². The Bertz CT molecular complexity index is 656. The van der Waals surface area contributed by atoms with Gasteiger partial charge in [0, 0.05) is 26.4 Å². The van der Waals surface area contributed by atoms with E-state index in [0.29, 0.717) is 19.5 Å². The Morgan fingerprint density at radius 1 is 1.00 bits per heavy atom. The predicted octanol–water partition coefficient (Wildman–Crippen LogP) is 3.30. The molecule has 0 aliphatic rings. The molecule has 2 rings (SSSR count). The number of amides is 2. The fourth-order valence-corrected chi connectivity index (χ4v) is 2.53. The van der Waals surface area contributed by atoms with Crippen LogP contribution in [0.25, 0.3) is 0 Å². The molecular formula is C20H24N2O2. The van der Waals surface area contributed by atoms with Crippen molar-refractivity contribution in [3.05, 3.63) is 71.8 Å². The molecule has 0 aromatic heterocycles. The Kier molecular flexibility index (Phi) is 6.55. The van der Waals surface area contributed by atoms with Gasteiger partial charge >= 0.3 is 0 Å². The average Bonchev–Trinajstić information content (AvgIpc) is 2.60. The standard InChI is InChI=1S/C20H24N2O2/c1-16(19-11-7-4-8-12-19)21-20(24)13-14-22(17(2)23)15-18-9-5-3-6-10-18/h3-12,16H,13-15H2,1-2H3,(H,21,24). The maximum Gasteiger partial charge on any atom is 0.222 e. The van der Waals surface area contributed by atoms with Crippen LogP contribution in [0.2, 0.25) is 0 Å². The predicted molar refractivity (Wildman–Crippen MR) is 95.1 cm³/mol. The minimum absolute atomic E-state index is 0.0252. The molecule has 0 radical (unpaired) electrons. The lowest BCUT2D eigenvalue weighted by atomic mass is 10.1. The van der Waals surface area contributed by atoms with Crippen LogP contribution in [0.3, 0.4) is 0 Å². The molecule has 0 spiro atoms. The minimum atomic E-state index is -0.0503. The first-order valence-corrected chi connectivity index (χ1v) is 8.20. The van der Waals surface area contributed by atoms with E-state index in [1.807, 2.05) is 67.6 Å². The lowest BCUT2D eigenvalue weighted by molar-refractivity contribution is -0.130. The third-order valence-electron chi connectivity index (χ3n) is 3.95. The van der Waals surface area contributed by atoms with Gasteiger partial charge in [-0.05, 0) is 18.1 Å². The summed E-state index contributed by atoms with van der Waals surface area (Å²) in [5, 5.41) is 2.98. The van der Waals surface area contributed by atoms with Crippen LogP contribution in [-0.2, 0) is 16.1 Å². The molecule has 0 saturated carbocycles. The second kappa shape index (κ2) is 8.87. The second-order valence-electron chi connectivity index (χ2n) is 5.88. The van der Waals surface area contributed by atoms with Gasteiger partial charge in [-0.15, -0.1) is 0 Å². The number of nitrogens with zero attached hydrogens (tertiary/aromatic N) is 1. The fourth-order valence-electron chi connectivity index (χ4n) is 2.53. The summed E-state index contributed by atoms with van der Waals surface area (Å²) < 4.78 is 0. The van der Waals surface area contributed by atoms with Crippen molar-refractivity contribution in [2.24, 2.45) is 0 Å². The molecular weight excluding hydrogens is 300 g/mol. The number of rotatable bonds is 7. The van der Waals surface area contributed by atoms with Gasteiger partial charge in [-0.1, -0.05) is 60.7 Å². The zero-order valence-electron chi connectivity index (χ0n) is 14.2. The van der Waals surface area contributed by atoms with E-state index < -0.39 is 0 Å². The summed E-state index contributed by atoms with van der Waals surface area (Å²) in [6, 6.07) is 19.6. The van der Waals surface area contributed by atoms with Crippen LogP contribution in [0.1, 0.15) is 37.4 Å². The van der Waals surface area contributed by atoms with Gasteiger partial charge in [0.1, 0.15) is 0 Å². The zero-order valence-corrected chi connectivity index (χ0v) is 14.2. The van der Waals surface area contributed by atoms with Crippen molar-refractivity contribution in [1.82, 2.24) is 10.2 Å². The fraction of sp³-hybridized carbons (Fsp3) is 0.300. The largest absolute Gasteiger partial charge is 0.350 e. The van der Waals surface area contributed by atoms with Crippen LogP contribution in [-0.4, -0.2) is 23.3 Å². The summed E-state index contributed by atoms with van der Waals surface area (Å²) in [4.78, 5) is 25.7. The summed E-state index contributed by atoms with van der Waals surface area (Å²) in [6.07, 6.45) is 0.295. The van der Waals surface area contributed by atoms with Gasteiger partial charge in [0.05, 0.1) is 6.04 Å². The molecule has 126 valence electrons. The van der Waals surface area contributed by atoms with E-state index in [-0.39, 0.29) is 17.9 Å². The van der Waals surface area contributed by atoms with Crippen LogP contribution in [0.15, 0.2) is 60.7 Å². The van der Waals surface area contributed by atoms with Crippen molar-refractivity contribution in [2.45, 2.75) is 32.9 Å². The molecule has 4 heteroatoms. The van der Waals surface area contributed by atoms with Gasteiger partial charge in [-0.2, -0.15) is 0 Å². The number of carbonyl (C=O) groups is 2. The smallest absolute Gasteiger partial charge is 0.222 e. The molecule has 0 heterocycles. The lowest BCUT2D eigenvalue weighted by Crippen LogP contribution is -2.34. The third-order valence-corrected chi connectivity index (χ3v) is 3.95. The van der Waals surface area contributed by atoms with E-state index in [4.69, 9.17) is 0 Å². The molecule has 2 aromatic rings. The molecule has 1 unspecified atom stereocenters. The molecule has 0 fully saturated rings. The first-order chi connectivity index (χ1) is 11.6. The molecule has 1 N–H and O–H groups in total. The topological polar surface area (TPSA) is 49.4 Å². The van der Waals surface area contributed by atoms with E-state index in [0.717, 1.165) is 11.1 Å². The number of hydrogen-bond acceptors (Lipinski definition) is 2. The van der Waals surface area contributed by atoms with Crippen molar-refractivity contribution in [1.29, 1.82) is 0 Å². The summed E-state index contributed by atoms with van der Waals surface area (Å²) in [5.41, 5.74) is 2.13. The minimum Gasteiger partial charge on any atom is -0.350 e. The average molecular weight is 324 g/mol. The first-order valence-electron chi connectivity index (χ1n) is 8.20. The van der Waals surface area contributed by atoms with Gasteiger partial charge in [-0.25, -0.2) is 0 Å². The highest BCUT2D eigenvalue weighted by Crippen LogP contribution is 2.11. The summed E-state index contributed by atoms with van der Waals surface area (Å²) in [5.74, 6) is -0.0755. The zero-order chi connectivity index (χ0) is 17.4. The monoisotopic (exact) mass is 324 g/mol. The summed E-state index contributed by atoms with van der Waals surface area (Å²) >= 11 is 0. The van der Waals surface area contributed by atoms with Gasteiger partial charge in [0.2, 0.25) is 11.8 Å². The Labute approximate surface area is 143 Å². The van der Waals surface area contributed by atoms with Crippen LogP contribution >= 0.6 is 0 Å². The molecule has 4 nitrogen and oxygen atoms in total. The highest BCUT2D eigenvalue weighted by molar-refractivity contribution is 5.78. The highest BCUT2D eigenvalue weighted by Gasteiger charge is 2.13. The Hall–Kier alpha value is -2.62. The van der Waals surface area contributed by atoms with E-state index >= 15 is 0 Å². The SMILES string of the molecule is CC(=O)N(CCC(=O)NC(C)c1ccccc1)Cc1ccccc1. The normalized spacial score (nSPS) is 11.6. The maximum atomic E-state index is 12.2. The van der Waals surface area contributed by atoms with E-state index in [1.54, 1.807) is 4.90 Å². The van der Waals surface area contributed by atoms with Crippen molar-refractivity contribution < 1.29 is 9.59 Å². The van der Waals surface area contributed by atoms with E-state index in [1.165, 1.54) is 6.92 Å². The van der Waals surface area contributed by atoms with Crippen molar-refractivity contribution in [2.75, 3.05) is 6.54 Å². The molecule has 0 bridgehead atoms. The number of hydrogen-bond donors (Lipinski definition) is 1. The molecule has 24 heavy (non-hydrogen) atoms. The van der Waals surface area contributed by atoms with Crippen LogP contribution in [0.5, 0.6) is 0 Å². The summed E-state index contributed by atoms with van der Waals surface area (Å²) in [6.45, 7) is 4.43. The highest BCUT2D eigenvalue weighted by atomic mass is 16.2. The Balaban J connectivity index is 1.85.